The van der Waals surface area contributed by atoms with Crippen molar-refractivity contribution >= 4 is 5.91 Å². The largest absolute Gasteiger partial charge is 0.508 e. The highest BCUT2D eigenvalue weighted by atomic mass is 19.4. The number of phenols is 1. The first-order valence-electron chi connectivity index (χ1n) is 5.58. The molecule has 0 fully saturated rings. The smallest absolute Gasteiger partial charge is 0.472 e. The lowest BCUT2D eigenvalue weighted by Crippen LogP contribution is -2.50. The fourth-order valence-corrected chi connectivity index (χ4v) is 1.44. The zero-order valence-electron chi connectivity index (χ0n) is 10.5. The van der Waals surface area contributed by atoms with Crippen LogP contribution in [0.4, 0.5) is 13.2 Å². The van der Waals surface area contributed by atoms with E-state index in [-0.39, 0.29) is 11.8 Å². The first-order chi connectivity index (χ1) is 8.70. The van der Waals surface area contributed by atoms with Crippen LogP contribution in [-0.2, 0) is 11.2 Å². The van der Waals surface area contributed by atoms with Crippen LogP contribution in [0, 0.1) is 0 Å². The van der Waals surface area contributed by atoms with Gasteiger partial charge in [0.05, 0.1) is 0 Å². The molecule has 0 aromatic heterocycles. The van der Waals surface area contributed by atoms with E-state index in [1.807, 2.05) is 0 Å². The van der Waals surface area contributed by atoms with E-state index in [0.29, 0.717) is 6.42 Å². The molecule has 0 radical (unpaired) electrons. The summed E-state index contributed by atoms with van der Waals surface area (Å²) in [5, 5.41) is 10.2. The number of carbonyl (C=O) groups excluding carboxylic acids is 1. The van der Waals surface area contributed by atoms with Crippen LogP contribution in [-0.4, -0.2) is 35.3 Å². The number of phenolic OH excluding ortho intramolecular Hbond substituents is 1. The molecular weight excluding hydrogens is 261 g/mol. The van der Waals surface area contributed by atoms with Gasteiger partial charge in [0.25, 0.3) is 0 Å². The topological polar surface area (TPSA) is 52.6 Å². The fourth-order valence-electron chi connectivity index (χ4n) is 1.44. The van der Waals surface area contributed by atoms with Gasteiger partial charge in [0, 0.05) is 13.1 Å². The van der Waals surface area contributed by atoms with Crippen molar-refractivity contribution in [3.8, 4) is 5.75 Å². The highest BCUT2D eigenvalue weighted by Crippen LogP contribution is 2.15. The van der Waals surface area contributed by atoms with Crippen molar-refractivity contribution < 1.29 is 23.1 Å². The van der Waals surface area contributed by atoms with Crippen molar-refractivity contribution in [3.05, 3.63) is 29.8 Å². The zero-order chi connectivity index (χ0) is 14.6. The van der Waals surface area contributed by atoms with Crippen molar-refractivity contribution in [3.63, 3.8) is 0 Å². The molecule has 0 aliphatic rings. The summed E-state index contributed by atoms with van der Waals surface area (Å²) in [6.07, 6.45) is -4.46. The van der Waals surface area contributed by atoms with Gasteiger partial charge in [-0.2, -0.15) is 13.2 Å². The molecular formula is C12H15F3N2O2. The third-order valence-electron chi connectivity index (χ3n) is 2.66. The van der Waals surface area contributed by atoms with Gasteiger partial charge in [0.15, 0.2) is 0 Å². The zero-order valence-corrected chi connectivity index (χ0v) is 10.5. The van der Waals surface area contributed by atoms with Crippen LogP contribution >= 0.6 is 0 Å². The SMILES string of the molecule is C[C@H](Cc1ccc(O)cc1)N(C)NC(=O)C(F)(F)F. The third-order valence-corrected chi connectivity index (χ3v) is 2.66. The van der Waals surface area contributed by atoms with Gasteiger partial charge in [-0.15, -0.1) is 0 Å². The molecule has 1 aromatic carbocycles. The minimum absolute atomic E-state index is 0.120. The second-order valence-corrected chi connectivity index (χ2v) is 4.27. The molecule has 0 spiro atoms. The Morgan fingerprint density at radius 1 is 1.37 bits per heavy atom. The average Bonchev–Trinajstić information content (AvgIpc) is 2.30. The van der Waals surface area contributed by atoms with Crippen LogP contribution in [0.2, 0.25) is 0 Å². The minimum Gasteiger partial charge on any atom is -0.508 e. The number of rotatable bonds is 4. The van der Waals surface area contributed by atoms with Crippen LogP contribution in [0.3, 0.4) is 0 Å². The van der Waals surface area contributed by atoms with Gasteiger partial charge in [-0.3, -0.25) is 10.2 Å². The first-order valence-corrected chi connectivity index (χ1v) is 5.58. The van der Waals surface area contributed by atoms with Crippen LogP contribution in [0.5, 0.6) is 5.75 Å². The monoisotopic (exact) mass is 276 g/mol. The number of hydrazine groups is 1. The maximum absolute atomic E-state index is 12.1. The predicted molar refractivity (Wildman–Crippen MR) is 63.2 cm³/mol. The Hall–Kier alpha value is -1.76. The summed E-state index contributed by atoms with van der Waals surface area (Å²) in [7, 11) is 1.37. The first kappa shape index (κ1) is 15.3. The Morgan fingerprint density at radius 2 is 1.89 bits per heavy atom. The third kappa shape index (κ3) is 4.78. The van der Waals surface area contributed by atoms with Gasteiger partial charge in [-0.05, 0) is 31.0 Å². The molecule has 1 aromatic rings. The van der Waals surface area contributed by atoms with E-state index in [4.69, 9.17) is 5.11 Å². The van der Waals surface area contributed by atoms with E-state index < -0.39 is 12.1 Å². The normalized spacial score (nSPS) is 13.4. The molecule has 0 heterocycles. The number of nitrogens with one attached hydrogen (secondary N) is 1. The number of hydrogen-bond acceptors (Lipinski definition) is 3. The van der Waals surface area contributed by atoms with Gasteiger partial charge in [-0.1, -0.05) is 12.1 Å². The Bertz CT molecular complexity index is 432. The number of alkyl halides is 3. The summed E-state index contributed by atoms with van der Waals surface area (Å²) < 4.78 is 36.2. The molecule has 0 saturated heterocycles. The molecule has 0 unspecified atom stereocenters. The summed E-state index contributed by atoms with van der Waals surface area (Å²) in [5.41, 5.74) is 2.62. The Kier molecular flexibility index (Phi) is 4.77. The molecule has 0 aliphatic heterocycles. The van der Waals surface area contributed by atoms with Crippen LogP contribution in [0.15, 0.2) is 24.3 Å². The second-order valence-electron chi connectivity index (χ2n) is 4.27. The number of likely N-dealkylation sites (N-methyl/N-ethyl adjacent to an activating group) is 1. The summed E-state index contributed by atoms with van der Waals surface area (Å²) in [6.45, 7) is 1.68. The summed E-state index contributed by atoms with van der Waals surface area (Å²) >= 11 is 0. The Labute approximate surface area is 108 Å². The highest BCUT2D eigenvalue weighted by molar-refractivity contribution is 5.81. The molecule has 0 saturated carbocycles. The van der Waals surface area contributed by atoms with Gasteiger partial charge in [-0.25, -0.2) is 5.01 Å². The number of aromatic hydroxyl groups is 1. The van der Waals surface area contributed by atoms with Crippen LogP contribution in [0.1, 0.15) is 12.5 Å². The molecule has 4 nitrogen and oxygen atoms in total. The molecule has 2 N–H and O–H groups in total. The molecule has 7 heteroatoms. The van der Waals surface area contributed by atoms with Crippen molar-refractivity contribution in [2.75, 3.05) is 7.05 Å². The van der Waals surface area contributed by atoms with E-state index in [1.54, 1.807) is 24.5 Å². The standard InChI is InChI=1S/C12H15F3N2O2/c1-8(7-9-3-5-10(18)6-4-9)17(2)16-11(19)12(13,14)15/h3-6,8,18H,7H2,1-2H3,(H,16,19)/t8-/m1/s1. The molecule has 19 heavy (non-hydrogen) atoms. The molecule has 0 bridgehead atoms. The molecule has 1 atom stereocenters. The van der Waals surface area contributed by atoms with E-state index >= 15 is 0 Å². The quantitative estimate of drug-likeness (QED) is 0.825. The van der Waals surface area contributed by atoms with E-state index in [9.17, 15) is 18.0 Å². The lowest BCUT2D eigenvalue weighted by molar-refractivity contribution is -0.179. The number of carbonyl (C=O) groups is 1. The maximum Gasteiger partial charge on any atom is 0.472 e. The highest BCUT2D eigenvalue weighted by Gasteiger charge is 2.39. The number of benzene rings is 1. The fraction of sp³-hybridized carbons (Fsp3) is 0.417. The minimum atomic E-state index is -4.90. The van der Waals surface area contributed by atoms with Gasteiger partial charge in [0.1, 0.15) is 5.75 Å². The van der Waals surface area contributed by atoms with E-state index in [2.05, 4.69) is 0 Å². The lowest BCUT2D eigenvalue weighted by Gasteiger charge is -2.25. The van der Waals surface area contributed by atoms with E-state index in [0.717, 1.165) is 10.6 Å². The summed E-state index contributed by atoms with van der Waals surface area (Å²) in [6, 6.07) is 6.01. The lowest BCUT2D eigenvalue weighted by atomic mass is 10.1. The molecule has 1 rings (SSSR count). The van der Waals surface area contributed by atoms with Crippen molar-refractivity contribution in [1.82, 2.24) is 10.4 Å². The Morgan fingerprint density at radius 3 is 2.37 bits per heavy atom. The number of halogens is 3. The van der Waals surface area contributed by atoms with Crippen molar-refractivity contribution in [1.29, 1.82) is 0 Å². The maximum atomic E-state index is 12.1. The number of amides is 1. The van der Waals surface area contributed by atoms with Crippen molar-refractivity contribution in [2.45, 2.75) is 25.6 Å². The second kappa shape index (κ2) is 5.92. The van der Waals surface area contributed by atoms with Crippen LogP contribution in [0.25, 0.3) is 0 Å². The van der Waals surface area contributed by atoms with Gasteiger partial charge >= 0.3 is 12.1 Å². The number of hydrogen-bond donors (Lipinski definition) is 2. The summed E-state index contributed by atoms with van der Waals surface area (Å²) in [5.74, 6) is -1.87. The molecule has 106 valence electrons. The van der Waals surface area contributed by atoms with Gasteiger partial charge < -0.3 is 5.11 Å². The molecule has 0 aliphatic carbocycles. The predicted octanol–water partition coefficient (Wildman–Crippen LogP) is 1.85. The Balaban J connectivity index is 2.55. The van der Waals surface area contributed by atoms with Gasteiger partial charge in [0.2, 0.25) is 0 Å². The summed E-state index contributed by atoms with van der Waals surface area (Å²) in [4.78, 5) is 10.8. The van der Waals surface area contributed by atoms with Crippen molar-refractivity contribution in [2.24, 2.45) is 0 Å². The van der Waals surface area contributed by atoms with Crippen LogP contribution < -0.4 is 5.43 Å². The average molecular weight is 276 g/mol. The molecule has 1 amide bonds. The van der Waals surface area contributed by atoms with E-state index in [1.165, 1.54) is 19.2 Å². The number of nitrogens with zero attached hydrogens (tertiary/aromatic N) is 1.